The summed E-state index contributed by atoms with van der Waals surface area (Å²) < 4.78 is 18.7. The fourth-order valence-electron chi connectivity index (χ4n) is 2.94. The first kappa shape index (κ1) is 18.6. The number of hydrogen-bond donors (Lipinski definition) is 2. The number of hydrogen-bond acceptors (Lipinski definition) is 4. The zero-order valence-electron chi connectivity index (χ0n) is 14.9. The van der Waals surface area contributed by atoms with Gasteiger partial charge in [0.15, 0.2) is 0 Å². The molecular weight excluding hydrogens is 351 g/mol. The van der Waals surface area contributed by atoms with Gasteiger partial charge in [-0.3, -0.25) is 4.79 Å². The van der Waals surface area contributed by atoms with Crippen LogP contribution < -0.4 is 15.4 Å². The van der Waals surface area contributed by atoms with E-state index in [1.165, 1.54) is 35.4 Å². The molecule has 1 aliphatic heterocycles. The molecule has 2 N–H and O–H groups in total. The number of carbonyl (C=O) groups excluding carboxylic acids is 2. The number of nitrogens with zero attached hydrogens (tertiary/aromatic N) is 2. The molecule has 1 fully saturated rings. The second kappa shape index (κ2) is 8.48. The van der Waals surface area contributed by atoms with Crippen LogP contribution in [0.2, 0.25) is 0 Å². The number of pyridine rings is 1. The maximum Gasteiger partial charge on any atom is 0.322 e. The van der Waals surface area contributed by atoms with Crippen molar-refractivity contribution in [2.45, 2.75) is 25.8 Å². The summed E-state index contributed by atoms with van der Waals surface area (Å²) in [6.07, 6.45) is 2.92. The number of amides is 3. The molecule has 2 heterocycles. The normalized spacial score (nSPS) is 16.1. The molecule has 0 radical (unpaired) electrons. The van der Waals surface area contributed by atoms with Gasteiger partial charge in [0.05, 0.1) is 0 Å². The molecule has 1 atom stereocenters. The number of ether oxygens (including phenoxy) is 1. The summed E-state index contributed by atoms with van der Waals surface area (Å²) in [7, 11) is 0. The maximum absolute atomic E-state index is 13.0. The van der Waals surface area contributed by atoms with Crippen LogP contribution in [0.3, 0.4) is 0 Å². The van der Waals surface area contributed by atoms with Crippen molar-refractivity contribution in [3.05, 3.63) is 48.4 Å². The predicted molar refractivity (Wildman–Crippen MR) is 98.1 cm³/mol. The van der Waals surface area contributed by atoms with E-state index in [-0.39, 0.29) is 23.6 Å². The van der Waals surface area contributed by atoms with Crippen LogP contribution in [0.5, 0.6) is 11.6 Å². The summed E-state index contributed by atoms with van der Waals surface area (Å²) in [5.74, 6) is 0.0552. The van der Waals surface area contributed by atoms with Gasteiger partial charge in [0.1, 0.15) is 23.3 Å². The van der Waals surface area contributed by atoms with E-state index >= 15 is 0 Å². The SMILES string of the molecule is CCNC(=O)[C@@H]1CCCN1C(=O)Nc1cccnc1Oc1ccc(F)cc1. The monoisotopic (exact) mass is 372 g/mol. The third-order valence-corrected chi connectivity index (χ3v) is 4.21. The van der Waals surface area contributed by atoms with Crippen molar-refractivity contribution < 1.29 is 18.7 Å². The van der Waals surface area contributed by atoms with Crippen LogP contribution in [0.25, 0.3) is 0 Å². The van der Waals surface area contributed by atoms with E-state index in [9.17, 15) is 14.0 Å². The summed E-state index contributed by atoms with van der Waals surface area (Å²) in [5.41, 5.74) is 0.369. The van der Waals surface area contributed by atoms with Crippen molar-refractivity contribution in [2.24, 2.45) is 0 Å². The number of anilines is 1. The first-order chi connectivity index (χ1) is 13.1. The zero-order valence-corrected chi connectivity index (χ0v) is 14.9. The Morgan fingerprint density at radius 3 is 2.81 bits per heavy atom. The van der Waals surface area contributed by atoms with Gasteiger partial charge in [-0.05, 0) is 56.2 Å². The third kappa shape index (κ3) is 4.52. The fourth-order valence-corrected chi connectivity index (χ4v) is 2.94. The van der Waals surface area contributed by atoms with Crippen molar-refractivity contribution >= 4 is 17.6 Å². The van der Waals surface area contributed by atoms with E-state index < -0.39 is 6.04 Å². The Labute approximate surface area is 156 Å². The molecule has 0 bridgehead atoms. The number of likely N-dealkylation sites (N-methyl/N-ethyl adjacent to an activating group) is 1. The molecule has 1 saturated heterocycles. The van der Waals surface area contributed by atoms with Crippen LogP contribution >= 0.6 is 0 Å². The van der Waals surface area contributed by atoms with E-state index in [0.717, 1.165) is 6.42 Å². The van der Waals surface area contributed by atoms with E-state index in [1.807, 2.05) is 6.92 Å². The van der Waals surface area contributed by atoms with Gasteiger partial charge in [0.25, 0.3) is 0 Å². The molecule has 1 aromatic carbocycles. The molecule has 2 aromatic rings. The molecule has 142 valence electrons. The molecule has 0 saturated carbocycles. The van der Waals surface area contributed by atoms with Crippen molar-refractivity contribution in [2.75, 3.05) is 18.4 Å². The largest absolute Gasteiger partial charge is 0.437 e. The highest BCUT2D eigenvalue weighted by atomic mass is 19.1. The van der Waals surface area contributed by atoms with Crippen molar-refractivity contribution in [1.82, 2.24) is 15.2 Å². The molecule has 27 heavy (non-hydrogen) atoms. The average Bonchev–Trinajstić information content (AvgIpc) is 3.15. The van der Waals surface area contributed by atoms with E-state index in [4.69, 9.17) is 4.74 Å². The van der Waals surface area contributed by atoms with Gasteiger partial charge in [-0.1, -0.05) is 0 Å². The molecule has 1 aromatic heterocycles. The second-order valence-electron chi connectivity index (χ2n) is 6.09. The lowest BCUT2D eigenvalue weighted by Crippen LogP contribution is -2.47. The van der Waals surface area contributed by atoms with Crippen LogP contribution in [-0.4, -0.2) is 41.0 Å². The van der Waals surface area contributed by atoms with Crippen LogP contribution in [-0.2, 0) is 4.79 Å². The van der Waals surface area contributed by atoms with Crippen molar-refractivity contribution in [1.29, 1.82) is 0 Å². The molecule has 0 unspecified atom stereocenters. The quantitative estimate of drug-likeness (QED) is 0.845. The van der Waals surface area contributed by atoms with Crippen LogP contribution in [0, 0.1) is 5.82 Å². The maximum atomic E-state index is 13.0. The predicted octanol–water partition coefficient (Wildman–Crippen LogP) is 3.15. The number of halogens is 1. The Morgan fingerprint density at radius 1 is 1.30 bits per heavy atom. The topological polar surface area (TPSA) is 83.6 Å². The number of urea groups is 1. The second-order valence-corrected chi connectivity index (χ2v) is 6.09. The molecule has 8 heteroatoms. The summed E-state index contributed by atoms with van der Waals surface area (Å²) in [5, 5.41) is 5.51. The van der Waals surface area contributed by atoms with Gasteiger partial charge in [0, 0.05) is 19.3 Å². The highest BCUT2D eigenvalue weighted by molar-refractivity contribution is 5.95. The molecule has 0 aliphatic carbocycles. The van der Waals surface area contributed by atoms with Gasteiger partial charge >= 0.3 is 6.03 Å². The summed E-state index contributed by atoms with van der Waals surface area (Å²) in [6, 6.07) is 7.95. The Bertz CT molecular complexity index is 813. The standard InChI is InChI=1S/C19H21FN4O3/c1-2-21-17(25)16-6-4-12-24(16)19(26)23-15-5-3-11-22-18(15)27-14-9-7-13(20)8-10-14/h3,5,7-11,16H,2,4,6,12H2,1H3,(H,21,25)(H,23,26)/t16-/m0/s1. The van der Waals surface area contributed by atoms with E-state index in [1.54, 1.807) is 12.1 Å². The Hall–Kier alpha value is -3.16. The van der Waals surface area contributed by atoms with Gasteiger partial charge in [0.2, 0.25) is 11.8 Å². The van der Waals surface area contributed by atoms with Crippen molar-refractivity contribution in [3.8, 4) is 11.6 Å². The number of rotatable bonds is 5. The smallest absolute Gasteiger partial charge is 0.322 e. The lowest BCUT2D eigenvalue weighted by Gasteiger charge is -2.24. The fraction of sp³-hybridized carbons (Fsp3) is 0.316. The van der Waals surface area contributed by atoms with Crippen LogP contribution in [0.1, 0.15) is 19.8 Å². The van der Waals surface area contributed by atoms with E-state index in [0.29, 0.717) is 30.9 Å². The minimum absolute atomic E-state index is 0.154. The first-order valence-electron chi connectivity index (χ1n) is 8.82. The van der Waals surface area contributed by atoms with Gasteiger partial charge in [-0.2, -0.15) is 0 Å². The molecule has 0 spiro atoms. The molecular formula is C19H21FN4O3. The summed E-state index contributed by atoms with van der Waals surface area (Å²) >= 11 is 0. The number of aromatic nitrogens is 1. The van der Waals surface area contributed by atoms with Crippen LogP contribution in [0.4, 0.5) is 14.9 Å². The zero-order chi connectivity index (χ0) is 19.2. The number of likely N-dealkylation sites (tertiary alicyclic amines) is 1. The first-order valence-corrected chi connectivity index (χ1v) is 8.82. The minimum Gasteiger partial charge on any atom is -0.437 e. The van der Waals surface area contributed by atoms with Gasteiger partial charge in [-0.25, -0.2) is 14.2 Å². The third-order valence-electron chi connectivity index (χ3n) is 4.21. The van der Waals surface area contributed by atoms with E-state index in [2.05, 4.69) is 15.6 Å². The molecule has 1 aliphatic rings. The van der Waals surface area contributed by atoms with Gasteiger partial charge in [-0.15, -0.1) is 0 Å². The average molecular weight is 372 g/mol. The Kier molecular flexibility index (Phi) is 5.85. The Morgan fingerprint density at radius 2 is 2.07 bits per heavy atom. The lowest BCUT2D eigenvalue weighted by atomic mass is 10.2. The highest BCUT2D eigenvalue weighted by Crippen LogP contribution is 2.28. The van der Waals surface area contributed by atoms with Crippen LogP contribution in [0.15, 0.2) is 42.6 Å². The summed E-state index contributed by atoms with van der Waals surface area (Å²) in [4.78, 5) is 30.5. The Balaban J connectivity index is 1.72. The van der Waals surface area contributed by atoms with Gasteiger partial charge < -0.3 is 20.3 Å². The summed E-state index contributed by atoms with van der Waals surface area (Å²) in [6.45, 7) is 2.86. The van der Waals surface area contributed by atoms with Crippen molar-refractivity contribution in [3.63, 3.8) is 0 Å². The number of benzene rings is 1. The number of nitrogens with one attached hydrogen (secondary N) is 2. The highest BCUT2D eigenvalue weighted by Gasteiger charge is 2.34. The lowest BCUT2D eigenvalue weighted by molar-refractivity contribution is -0.124. The molecule has 7 nitrogen and oxygen atoms in total. The molecule has 3 amide bonds. The number of carbonyl (C=O) groups is 2. The minimum atomic E-state index is -0.483. The molecule has 3 rings (SSSR count).